The van der Waals surface area contributed by atoms with Crippen molar-refractivity contribution in [1.82, 2.24) is 10.6 Å². The molecule has 1 aromatic carbocycles. The fraction of sp³-hybridized carbons (Fsp3) is 0.632. The summed E-state index contributed by atoms with van der Waals surface area (Å²) in [6.45, 7) is 9.19. The van der Waals surface area contributed by atoms with Gasteiger partial charge in [-0.2, -0.15) is 0 Å². The van der Waals surface area contributed by atoms with E-state index in [2.05, 4.69) is 60.7 Å². The third-order valence-electron chi connectivity index (χ3n) is 4.28. The van der Waals surface area contributed by atoms with Gasteiger partial charge < -0.3 is 15.4 Å². The molecule has 4 nitrogen and oxygen atoms in total. The lowest BCUT2D eigenvalue weighted by Crippen LogP contribution is -2.43. The van der Waals surface area contributed by atoms with Crippen LogP contribution in [0.3, 0.4) is 0 Å². The fourth-order valence-corrected chi connectivity index (χ4v) is 2.93. The van der Waals surface area contributed by atoms with Crippen molar-refractivity contribution in [2.45, 2.75) is 39.7 Å². The lowest BCUT2D eigenvalue weighted by molar-refractivity contribution is -0.0265. The van der Waals surface area contributed by atoms with E-state index in [1.807, 2.05) is 7.05 Å². The van der Waals surface area contributed by atoms with Gasteiger partial charge in [0.05, 0.1) is 6.10 Å². The Morgan fingerprint density at radius 1 is 1.26 bits per heavy atom. The number of nitrogens with zero attached hydrogens (tertiary/aromatic N) is 1. The summed E-state index contributed by atoms with van der Waals surface area (Å²) in [5.41, 5.74) is 2.57. The SMILES string of the molecule is CN=C(NCC(C)C)NCC1CCCOC1c1ccc(C)cc1. The number of ether oxygens (including phenoxy) is 1. The number of guanidine groups is 1. The van der Waals surface area contributed by atoms with Crippen LogP contribution in [-0.4, -0.2) is 32.7 Å². The molecule has 2 atom stereocenters. The average molecular weight is 317 g/mol. The van der Waals surface area contributed by atoms with Crippen molar-refractivity contribution >= 4 is 5.96 Å². The van der Waals surface area contributed by atoms with Crippen LogP contribution in [0.5, 0.6) is 0 Å². The minimum absolute atomic E-state index is 0.181. The first-order valence-corrected chi connectivity index (χ1v) is 8.73. The van der Waals surface area contributed by atoms with Gasteiger partial charge in [-0.3, -0.25) is 4.99 Å². The van der Waals surface area contributed by atoms with Gasteiger partial charge in [-0.05, 0) is 31.2 Å². The molecule has 2 unspecified atom stereocenters. The Hall–Kier alpha value is -1.55. The topological polar surface area (TPSA) is 45.7 Å². The van der Waals surface area contributed by atoms with E-state index in [9.17, 15) is 0 Å². The molecule has 128 valence electrons. The van der Waals surface area contributed by atoms with Crippen molar-refractivity contribution in [3.8, 4) is 0 Å². The largest absolute Gasteiger partial charge is 0.373 e. The van der Waals surface area contributed by atoms with Crippen LogP contribution in [0.1, 0.15) is 43.9 Å². The Morgan fingerprint density at radius 2 is 2.00 bits per heavy atom. The molecule has 1 saturated heterocycles. The number of rotatable bonds is 5. The van der Waals surface area contributed by atoms with Gasteiger partial charge >= 0.3 is 0 Å². The van der Waals surface area contributed by atoms with E-state index in [0.29, 0.717) is 11.8 Å². The Bertz CT molecular complexity index is 496. The lowest BCUT2D eigenvalue weighted by Gasteiger charge is -2.32. The highest BCUT2D eigenvalue weighted by Crippen LogP contribution is 2.33. The highest BCUT2D eigenvalue weighted by atomic mass is 16.5. The van der Waals surface area contributed by atoms with E-state index in [1.165, 1.54) is 17.5 Å². The summed E-state index contributed by atoms with van der Waals surface area (Å²) in [6, 6.07) is 8.73. The average Bonchev–Trinajstić information content (AvgIpc) is 2.56. The molecule has 4 heteroatoms. The maximum Gasteiger partial charge on any atom is 0.190 e. The standard InChI is InChI=1S/C19H31N3O/c1-14(2)12-21-19(20-4)22-13-17-6-5-11-23-18(17)16-9-7-15(3)8-10-16/h7-10,14,17-18H,5-6,11-13H2,1-4H3,(H2,20,21,22). The number of aliphatic imine (C=N–C) groups is 1. The second-order valence-electron chi connectivity index (χ2n) is 6.83. The second-order valence-corrected chi connectivity index (χ2v) is 6.83. The first kappa shape index (κ1) is 17.8. The van der Waals surface area contributed by atoms with Crippen molar-refractivity contribution in [2.24, 2.45) is 16.8 Å². The van der Waals surface area contributed by atoms with Crippen molar-refractivity contribution in [2.75, 3.05) is 26.7 Å². The maximum atomic E-state index is 6.08. The van der Waals surface area contributed by atoms with Crippen molar-refractivity contribution in [3.05, 3.63) is 35.4 Å². The zero-order valence-corrected chi connectivity index (χ0v) is 14.9. The van der Waals surface area contributed by atoms with Crippen LogP contribution in [0.25, 0.3) is 0 Å². The summed E-state index contributed by atoms with van der Waals surface area (Å²) in [4.78, 5) is 4.31. The van der Waals surface area contributed by atoms with E-state index in [-0.39, 0.29) is 6.10 Å². The number of benzene rings is 1. The van der Waals surface area contributed by atoms with Gasteiger partial charge in [0, 0.05) is 32.7 Å². The van der Waals surface area contributed by atoms with E-state index < -0.39 is 0 Å². The zero-order valence-electron chi connectivity index (χ0n) is 14.9. The minimum atomic E-state index is 0.181. The molecule has 1 heterocycles. The van der Waals surface area contributed by atoms with Crippen molar-refractivity contribution < 1.29 is 4.74 Å². The van der Waals surface area contributed by atoms with Gasteiger partial charge in [0.2, 0.25) is 0 Å². The Balaban J connectivity index is 1.94. The minimum Gasteiger partial charge on any atom is -0.373 e. The molecule has 0 radical (unpaired) electrons. The normalized spacial score (nSPS) is 22.2. The summed E-state index contributed by atoms with van der Waals surface area (Å²) < 4.78 is 6.08. The Morgan fingerprint density at radius 3 is 2.65 bits per heavy atom. The quantitative estimate of drug-likeness (QED) is 0.647. The third kappa shape index (κ3) is 5.54. The number of hydrogen-bond acceptors (Lipinski definition) is 2. The third-order valence-corrected chi connectivity index (χ3v) is 4.28. The molecule has 0 aromatic heterocycles. The van der Waals surface area contributed by atoms with E-state index in [1.54, 1.807) is 0 Å². The van der Waals surface area contributed by atoms with Gasteiger partial charge in [-0.25, -0.2) is 0 Å². The zero-order chi connectivity index (χ0) is 16.7. The molecule has 23 heavy (non-hydrogen) atoms. The number of nitrogens with one attached hydrogen (secondary N) is 2. The maximum absolute atomic E-state index is 6.08. The first-order chi connectivity index (χ1) is 11.1. The molecule has 1 fully saturated rings. The van der Waals surface area contributed by atoms with Crippen LogP contribution in [-0.2, 0) is 4.74 Å². The molecule has 2 N–H and O–H groups in total. The molecule has 0 amide bonds. The highest BCUT2D eigenvalue weighted by Gasteiger charge is 2.27. The smallest absolute Gasteiger partial charge is 0.190 e. The van der Waals surface area contributed by atoms with Crippen molar-refractivity contribution in [3.63, 3.8) is 0 Å². The van der Waals surface area contributed by atoms with Gasteiger partial charge in [-0.15, -0.1) is 0 Å². The van der Waals surface area contributed by atoms with Gasteiger partial charge in [0.1, 0.15) is 0 Å². The predicted octanol–water partition coefficient (Wildman–Crippen LogP) is 3.28. The molecular formula is C19H31N3O. The number of aryl methyl sites for hydroxylation is 1. The molecule has 0 spiro atoms. The summed E-state index contributed by atoms with van der Waals surface area (Å²) >= 11 is 0. The molecule has 0 bridgehead atoms. The van der Waals surface area contributed by atoms with Gasteiger partial charge in [0.15, 0.2) is 5.96 Å². The van der Waals surface area contributed by atoms with Crippen LogP contribution >= 0.6 is 0 Å². The summed E-state index contributed by atoms with van der Waals surface area (Å²) in [5, 5.41) is 6.83. The number of hydrogen-bond donors (Lipinski definition) is 2. The second kappa shape index (κ2) is 8.92. The predicted molar refractivity (Wildman–Crippen MR) is 96.8 cm³/mol. The molecule has 1 aliphatic heterocycles. The fourth-order valence-electron chi connectivity index (χ4n) is 2.93. The molecular weight excluding hydrogens is 286 g/mol. The molecule has 0 aliphatic carbocycles. The molecule has 1 aromatic rings. The summed E-state index contributed by atoms with van der Waals surface area (Å²) in [5.74, 6) is 1.96. The van der Waals surface area contributed by atoms with Gasteiger partial charge in [0.25, 0.3) is 0 Å². The molecule has 1 aliphatic rings. The van der Waals surface area contributed by atoms with Crippen LogP contribution < -0.4 is 10.6 Å². The van der Waals surface area contributed by atoms with Crippen LogP contribution in [0, 0.1) is 18.8 Å². The molecule has 2 rings (SSSR count). The first-order valence-electron chi connectivity index (χ1n) is 8.73. The molecule has 0 saturated carbocycles. The summed E-state index contributed by atoms with van der Waals surface area (Å²) in [6.07, 6.45) is 2.50. The van der Waals surface area contributed by atoms with Crippen LogP contribution in [0.2, 0.25) is 0 Å². The van der Waals surface area contributed by atoms with E-state index in [0.717, 1.165) is 32.1 Å². The summed E-state index contributed by atoms with van der Waals surface area (Å²) in [7, 11) is 1.82. The van der Waals surface area contributed by atoms with Gasteiger partial charge in [-0.1, -0.05) is 43.7 Å². The van der Waals surface area contributed by atoms with Crippen LogP contribution in [0.4, 0.5) is 0 Å². The monoisotopic (exact) mass is 317 g/mol. The Labute approximate surface area is 140 Å². The highest BCUT2D eigenvalue weighted by molar-refractivity contribution is 5.79. The van der Waals surface area contributed by atoms with Crippen molar-refractivity contribution in [1.29, 1.82) is 0 Å². The van der Waals surface area contributed by atoms with Crippen LogP contribution in [0.15, 0.2) is 29.3 Å². The Kier molecular flexibility index (Phi) is 6.90. The van der Waals surface area contributed by atoms with E-state index in [4.69, 9.17) is 4.74 Å². The lowest BCUT2D eigenvalue weighted by atomic mass is 9.89. The van der Waals surface area contributed by atoms with E-state index >= 15 is 0 Å².